The number of methoxy groups -OCH3 is 1. The molecule has 2 rings (SSSR count). The number of hydrogen-bond donors (Lipinski definition) is 0. The Kier molecular flexibility index (Phi) is 4.13. The highest BCUT2D eigenvalue weighted by molar-refractivity contribution is 5.89. The van der Waals surface area contributed by atoms with Crippen molar-refractivity contribution < 1.29 is 23.6 Å². The summed E-state index contributed by atoms with van der Waals surface area (Å²) in [5.74, 6) is -1.20. The fraction of sp³-hybridized carbons (Fsp3) is 0.0714. The summed E-state index contributed by atoms with van der Waals surface area (Å²) in [5.41, 5.74) is -0.0325. The van der Waals surface area contributed by atoms with Crippen molar-refractivity contribution in [2.45, 2.75) is 0 Å². The second kappa shape index (κ2) is 6.00. The number of non-ortho nitro benzene ring substituents is 1. The molecule has 0 fully saturated rings. The number of carbonyl (C=O) groups is 1. The number of rotatable bonds is 4. The van der Waals surface area contributed by atoms with Gasteiger partial charge in [0, 0.05) is 6.07 Å². The van der Waals surface area contributed by atoms with Crippen molar-refractivity contribution in [1.29, 1.82) is 0 Å². The van der Waals surface area contributed by atoms with E-state index in [2.05, 4.69) is 4.74 Å². The molecule has 108 valence electrons. The Balaban J connectivity index is 2.18. The van der Waals surface area contributed by atoms with Crippen molar-refractivity contribution in [3.8, 4) is 11.5 Å². The molecular formula is C14H10FNO5. The largest absolute Gasteiger partial charge is 0.465 e. The fourth-order valence-electron chi connectivity index (χ4n) is 1.59. The minimum atomic E-state index is -0.846. The summed E-state index contributed by atoms with van der Waals surface area (Å²) < 4.78 is 23.5. The Morgan fingerprint density at radius 3 is 2.38 bits per heavy atom. The number of carbonyl (C=O) groups excluding carboxylic acids is 1. The SMILES string of the molecule is COC(=O)c1ccc(Oc2ccc([N+](=O)[O-])cc2F)cc1. The van der Waals surface area contributed by atoms with Gasteiger partial charge in [-0.3, -0.25) is 10.1 Å². The molecule has 7 heteroatoms. The van der Waals surface area contributed by atoms with Gasteiger partial charge in [-0.1, -0.05) is 0 Å². The van der Waals surface area contributed by atoms with Gasteiger partial charge in [0.05, 0.1) is 23.7 Å². The second-order valence-electron chi connectivity index (χ2n) is 3.99. The summed E-state index contributed by atoms with van der Waals surface area (Å²) >= 11 is 0. The standard InChI is InChI=1S/C14H10FNO5/c1-20-14(17)9-2-5-11(6-3-9)21-13-7-4-10(16(18)19)8-12(13)15/h2-8H,1H3. The van der Waals surface area contributed by atoms with E-state index in [1.54, 1.807) is 0 Å². The van der Waals surface area contributed by atoms with Gasteiger partial charge < -0.3 is 9.47 Å². The molecule has 6 nitrogen and oxygen atoms in total. The third kappa shape index (κ3) is 3.33. The number of ether oxygens (including phenoxy) is 2. The third-order valence-corrected chi connectivity index (χ3v) is 2.63. The minimum absolute atomic E-state index is 0.147. The van der Waals surface area contributed by atoms with Crippen LogP contribution >= 0.6 is 0 Å². The van der Waals surface area contributed by atoms with Crippen LogP contribution in [0.25, 0.3) is 0 Å². The van der Waals surface area contributed by atoms with E-state index in [0.29, 0.717) is 5.56 Å². The first kappa shape index (κ1) is 14.4. The zero-order chi connectivity index (χ0) is 15.4. The molecule has 2 aromatic carbocycles. The highest BCUT2D eigenvalue weighted by atomic mass is 19.1. The molecule has 0 saturated heterocycles. The first-order valence-electron chi connectivity index (χ1n) is 5.81. The van der Waals surface area contributed by atoms with E-state index >= 15 is 0 Å². The first-order valence-corrected chi connectivity index (χ1v) is 5.81. The van der Waals surface area contributed by atoms with E-state index in [1.165, 1.54) is 37.4 Å². The molecule has 0 atom stereocenters. The highest BCUT2D eigenvalue weighted by Crippen LogP contribution is 2.27. The predicted octanol–water partition coefficient (Wildman–Crippen LogP) is 3.31. The summed E-state index contributed by atoms with van der Waals surface area (Å²) in [6.07, 6.45) is 0. The molecule has 2 aromatic rings. The van der Waals surface area contributed by atoms with Gasteiger partial charge in [0.2, 0.25) is 0 Å². The average molecular weight is 291 g/mol. The molecule has 0 bridgehead atoms. The van der Waals surface area contributed by atoms with Crippen LogP contribution in [0.4, 0.5) is 10.1 Å². The Bertz CT molecular complexity index is 684. The Morgan fingerprint density at radius 2 is 1.86 bits per heavy atom. The monoisotopic (exact) mass is 291 g/mol. The van der Waals surface area contributed by atoms with Gasteiger partial charge >= 0.3 is 5.97 Å². The summed E-state index contributed by atoms with van der Waals surface area (Å²) in [7, 11) is 1.26. The van der Waals surface area contributed by atoms with Crippen LogP contribution in [-0.2, 0) is 4.74 Å². The zero-order valence-electron chi connectivity index (χ0n) is 10.9. The summed E-state index contributed by atoms with van der Waals surface area (Å²) in [5, 5.41) is 10.5. The normalized spacial score (nSPS) is 10.0. The lowest BCUT2D eigenvalue weighted by Gasteiger charge is -2.07. The van der Waals surface area contributed by atoms with Crippen LogP contribution in [0.2, 0.25) is 0 Å². The van der Waals surface area contributed by atoms with Crippen molar-refractivity contribution in [2.75, 3.05) is 7.11 Å². The number of halogens is 1. The number of nitro benzene ring substituents is 1. The van der Waals surface area contributed by atoms with E-state index in [-0.39, 0.29) is 17.2 Å². The predicted molar refractivity (Wildman–Crippen MR) is 70.9 cm³/mol. The molecule has 0 spiro atoms. The van der Waals surface area contributed by atoms with Crippen molar-refractivity contribution in [3.05, 3.63) is 64.0 Å². The average Bonchev–Trinajstić information content (AvgIpc) is 2.49. The maximum absolute atomic E-state index is 13.7. The fourth-order valence-corrected chi connectivity index (χ4v) is 1.59. The topological polar surface area (TPSA) is 78.7 Å². The van der Waals surface area contributed by atoms with Gasteiger partial charge in [-0.15, -0.1) is 0 Å². The molecule has 0 aliphatic heterocycles. The molecule has 0 aromatic heterocycles. The van der Waals surface area contributed by atoms with Gasteiger partial charge in [0.1, 0.15) is 5.75 Å². The van der Waals surface area contributed by atoms with Crippen LogP contribution in [0, 0.1) is 15.9 Å². The summed E-state index contributed by atoms with van der Waals surface area (Å²) in [4.78, 5) is 21.1. The lowest BCUT2D eigenvalue weighted by molar-refractivity contribution is -0.385. The molecule has 0 aliphatic carbocycles. The smallest absolute Gasteiger partial charge is 0.337 e. The van der Waals surface area contributed by atoms with E-state index in [9.17, 15) is 19.3 Å². The van der Waals surface area contributed by atoms with Crippen LogP contribution in [0.3, 0.4) is 0 Å². The lowest BCUT2D eigenvalue weighted by Crippen LogP contribution is -2.00. The van der Waals surface area contributed by atoms with Gasteiger partial charge in [0.25, 0.3) is 5.69 Å². The van der Waals surface area contributed by atoms with Gasteiger partial charge in [-0.25, -0.2) is 9.18 Å². The van der Waals surface area contributed by atoms with Crippen LogP contribution in [0.5, 0.6) is 11.5 Å². The van der Waals surface area contributed by atoms with Crippen LogP contribution in [0.1, 0.15) is 10.4 Å². The van der Waals surface area contributed by atoms with Gasteiger partial charge in [0.15, 0.2) is 11.6 Å². The maximum atomic E-state index is 13.7. The van der Waals surface area contributed by atoms with E-state index < -0.39 is 16.7 Å². The highest BCUT2D eigenvalue weighted by Gasteiger charge is 2.12. The van der Waals surface area contributed by atoms with Crippen LogP contribution in [0.15, 0.2) is 42.5 Å². The number of nitro groups is 1. The molecular weight excluding hydrogens is 281 g/mol. The van der Waals surface area contributed by atoms with Gasteiger partial charge in [-0.2, -0.15) is 0 Å². The maximum Gasteiger partial charge on any atom is 0.337 e. The van der Waals surface area contributed by atoms with Crippen molar-refractivity contribution in [1.82, 2.24) is 0 Å². The third-order valence-electron chi connectivity index (χ3n) is 2.63. The number of nitrogens with zero attached hydrogens (tertiary/aromatic N) is 1. The molecule has 0 amide bonds. The van der Waals surface area contributed by atoms with Gasteiger partial charge in [-0.05, 0) is 30.3 Å². The lowest BCUT2D eigenvalue weighted by atomic mass is 10.2. The number of benzene rings is 2. The number of esters is 1. The Morgan fingerprint density at radius 1 is 1.19 bits per heavy atom. The van der Waals surface area contributed by atoms with Crippen molar-refractivity contribution >= 4 is 11.7 Å². The number of hydrogen-bond acceptors (Lipinski definition) is 5. The van der Waals surface area contributed by atoms with E-state index in [0.717, 1.165) is 12.1 Å². The molecule has 0 heterocycles. The minimum Gasteiger partial charge on any atom is -0.465 e. The molecule has 0 N–H and O–H groups in total. The van der Waals surface area contributed by atoms with Crippen LogP contribution in [-0.4, -0.2) is 18.0 Å². The Labute approximate surface area is 118 Å². The van der Waals surface area contributed by atoms with Crippen molar-refractivity contribution in [2.24, 2.45) is 0 Å². The molecule has 21 heavy (non-hydrogen) atoms. The molecule has 0 radical (unpaired) electrons. The molecule has 0 unspecified atom stereocenters. The van der Waals surface area contributed by atoms with E-state index in [1.807, 2.05) is 0 Å². The second-order valence-corrected chi connectivity index (χ2v) is 3.99. The van der Waals surface area contributed by atoms with Crippen molar-refractivity contribution in [3.63, 3.8) is 0 Å². The summed E-state index contributed by atoms with van der Waals surface area (Å²) in [6.45, 7) is 0. The molecule has 0 saturated carbocycles. The molecule has 0 aliphatic rings. The van der Waals surface area contributed by atoms with Crippen LogP contribution < -0.4 is 4.74 Å². The summed E-state index contributed by atoms with van der Waals surface area (Å²) in [6, 6.07) is 8.94. The quantitative estimate of drug-likeness (QED) is 0.490. The first-order chi connectivity index (χ1) is 10.0. The van der Waals surface area contributed by atoms with E-state index in [4.69, 9.17) is 4.74 Å². The zero-order valence-corrected chi connectivity index (χ0v) is 10.9. The Hall–Kier alpha value is -2.96.